The predicted molar refractivity (Wildman–Crippen MR) is 103 cm³/mol. The van der Waals surface area contributed by atoms with Crippen LogP contribution >= 0.6 is 0 Å². The minimum atomic E-state index is -0.193. The fourth-order valence-corrected chi connectivity index (χ4v) is 3.08. The number of amides is 1. The Balaban J connectivity index is 2.04. The zero-order chi connectivity index (χ0) is 18.7. The summed E-state index contributed by atoms with van der Waals surface area (Å²) in [6.07, 6.45) is 0.675. The summed E-state index contributed by atoms with van der Waals surface area (Å²) in [5.41, 5.74) is 3.82. The average Bonchev–Trinajstić information content (AvgIpc) is 2.67. The number of carbonyl (C=O) groups is 1. The number of para-hydroxylation sites is 1. The molecule has 0 saturated carbocycles. The van der Waals surface area contributed by atoms with Crippen LogP contribution in [0.2, 0.25) is 0 Å². The molecule has 0 spiro atoms. The highest BCUT2D eigenvalue weighted by molar-refractivity contribution is 6.09. The molecular weight excluding hydrogens is 328 g/mol. The van der Waals surface area contributed by atoms with Crippen molar-refractivity contribution in [3.63, 3.8) is 0 Å². The van der Waals surface area contributed by atoms with Crippen molar-refractivity contribution in [2.45, 2.75) is 20.3 Å². The molecule has 5 nitrogen and oxygen atoms in total. The van der Waals surface area contributed by atoms with Gasteiger partial charge >= 0.3 is 0 Å². The van der Waals surface area contributed by atoms with E-state index in [1.54, 1.807) is 32.4 Å². The summed E-state index contributed by atoms with van der Waals surface area (Å²) < 4.78 is 10.6. The summed E-state index contributed by atoms with van der Waals surface area (Å²) in [6, 6.07) is 13.2. The van der Waals surface area contributed by atoms with E-state index in [0.29, 0.717) is 29.2 Å². The second-order valence-corrected chi connectivity index (χ2v) is 5.95. The number of fused-ring (bicyclic) bond motifs is 1. The first-order valence-electron chi connectivity index (χ1n) is 8.50. The number of hydrogen-bond acceptors (Lipinski definition) is 4. The van der Waals surface area contributed by atoms with E-state index >= 15 is 0 Å². The highest BCUT2D eigenvalue weighted by atomic mass is 16.5. The molecule has 0 aliphatic rings. The van der Waals surface area contributed by atoms with E-state index in [1.807, 2.05) is 38.1 Å². The van der Waals surface area contributed by atoms with Crippen LogP contribution in [0.3, 0.4) is 0 Å². The average molecular weight is 350 g/mol. The van der Waals surface area contributed by atoms with Gasteiger partial charge in [0.05, 0.1) is 36.7 Å². The van der Waals surface area contributed by atoms with Gasteiger partial charge in [-0.1, -0.05) is 25.1 Å². The summed E-state index contributed by atoms with van der Waals surface area (Å²) in [6.45, 7) is 3.96. The summed E-state index contributed by atoms with van der Waals surface area (Å²) >= 11 is 0. The second-order valence-electron chi connectivity index (χ2n) is 5.95. The van der Waals surface area contributed by atoms with Crippen LogP contribution in [0, 0.1) is 6.92 Å². The maximum atomic E-state index is 13.0. The zero-order valence-corrected chi connectivity index (χ0v) is 15.4. The molecule has 0 unspecified atom stereocenters. The topological polar surface area (TPSA) is 60.5 Å². The monoisotopic (exact) mass is 350 g/mol. The Morgan fingerprint density at radius 1 is 1.12 bits per heavy atom. The van der Waals surface area contributed by atoms with Crippen molar-refractivity contribution in [1.82, 2.24) is 4.98 Å². The van der Waals surface area contributed by atoms with Gasteiger partial charge in [0, 0.05) is 11.5 Å². The lowest BCUT2D eigenvalue weighted by Crippen LogP contribution is -2.17. The molecule has 1 heterocycles. The van der Waals surface area contributed by atoms with Crippen LogP contribution in [0.1, 0.15) is 28.5 Å². The van der Waals surface area contributed by atoms with Crippen LogP contribution in [0.25, 0.3) is 10.9 Å². The SMILES string of the molecule is CCc1nc2ccccc2c(C)c1C(=O)Nc1ccc(OC)cc1OC. The number of pyridine rings is 1. The number of aryl methyl sites for hydroxylation is 2. The summed E-state index contributed by atoms with van der Waals surface area (Å²) in [7, 11) is 3.15. The Bertz CT molecular complexity index is 967. The molecule has 26 heavy (non-hydrogen) atoms. The number of benzene rings is 2. The molecule has 0 bridgehead atoms. The number of nitrogens with zero attached hydrogens (tertiary/aromatic N) is 1. The molecule has 1 aromatic heterocycles. The van der Waals surface area contributed by atoms with Gasteiger partial charge in [-0.05, 0) is 37.1 Å². The van der Waals surface area contributed by atoms with E-state index in [9.17, 15) is 4.79 Å². The van der Waals surface area contributed by atoms with Crippen LogP contribution in [-0.2, 0) is 6.42 Å². The molecule has 0 fully saturated rings. The van der Waals surface area contributed by atoms with Gasteiger partial charge in [-0.2, -0.15) is 0 Å². The van der Waals surface area contributed by atoms with E-state index < -0.39 is 0 Å². The molecule has 3 aromatic rings. The number of carbonyl (C=O) groups excluding carboxylic acids is 1. The van der Waals surface area contributed by atoms with Gasteiger partial charge in [-0.3, -0.25) is 9.78 Å². The summed E-state index contributed by atoms with van der Waals surface area (Å²) in [5.74, 6) is 1.01. The zero-order valence-electron chi connectivity index (χ0n) is 15.4. The fourth-order valence-electron chi connectivity index (χ4n) is 3.08. The van der Waals surface area contributed by atoms with Crippen molar-refractivity contribution < 1.29 is 14.3 Å². The van der Waals surface area contributed by atoms with Crippen LogP contribution < -0.4 is 14.8 Å². The number of ether oxygens (including phenoxy) is 2. The van der Waals surface area contributed by atoms with E-state index in [2.05, 4.69) is 10.3 Å². The molecule has 0 atom stereocenters. The second kappa shape index (κ2) is 7.44. The third-order valence-corrected chi connectivity index (χ3v) is 4.45. The van der Waals surface area contributed by atoms with Crippen LogP contribution in [0.4, 0.5) is 5.69 Å². The molecule has 134 valence electrons. The quantitative estimate of drug-likeness (QED) is 0.742. The van der Waals surface area contributed by atoms with Crippen molar-refractivity contribution in [2.75, 3.05) is 19.5 Å². The Morgan fingerprint density at radius 2 is 1.88 bits per heavy atom. The number of rotatable bonds is 5. The number of anilines is 1. The Kier molecular flexibility index (Phi) is 5.07. The van der Waals surface area contributed by atoms with Gasteiger partial charge in [0.2, 0.25) is 0 Å². The van der Waals surface area contributed by atoms with Gasteiger partial charge in [0.1, 0.15) is 11.5 Å². The fraction of sp³-hybridized carbons (Fsp3) is 0.238. The van der Waals surface area contributed by atoms with Gasteiger partial charge in [-0.25, -0.2) is 0 Å². The van der Waals surface area contributed by atoms with Crippen LogP contribution in [0.15, 0.2) is 42.5 Å². The molecule has 0 saturated heterocycles. The highest BCUT2D eigenvalue weighted by Crippen LogP contribution is 2.30. The Morgan fingerprint density at radius 3 is 2.58 bits per heavy atom. The first kappa shape index (κ1) is 17.7. The lowest BCUT2D eigenvalue weighted by atomic mass is 9.99. The molecule has 3 rings (SSSR count). The minimum Gasteiger partial charge on any atom is -0.497 e. The number of methoxy groups -OCH3 is 2. The highest BCUT2D eigenvalue weighted by Gasteiger charge is 2.19. The first-order chi connectivity index (χ1) is 12.6. The number of aromatic nitrogens is 1. The van der Waals surface area contributed by atoms with Crippen molar-refractivity contribution >= 4 is 22.5 Å². The van der Waals surface area contributed by atoms with Gasteiger partial charge in [-0.15, -0.1) is 0 Å². The van der Waals surface area contributed by atoms with Crippen molar-refractivity contribution in [3.05, 3.63) is 59.3 Å². The Hall–Kier alpha value is -3.08. The van der Waals surface area contributed by atoms with Crippen molar-refractivity contribution in [3.8, 4) is 11.5 Å². The van der Waals surface area contributed by atoms with Gasteiger partial charge in [0.25, 0.3) is 5.91 Å². The Labute approximate surface area is 153 Å². The normalized spacial score (nSPS) is 10.6. The minimum absolute atomic E-state index is 0.193. The van der Waals surface area contributed by atoms with E-state index in [1.165, 1.54) is 0 Å². The van der Waals surface area contributed by atoms with Gasteiger partial charge in [0.15, 0.2) is 0 Å². The van der Waals surface area contributed by atoms with Crippen molar-refractivity contribution in [1.29, 1.82) is 0 Å². The molecule has 0 aliphatic heterocycles. The number of nitrogens with one attached hydrogen (secondary N) is 1. The first-order valence-corrected chi connectivity index (χ1v) is 8.50. The molecular formula is C21H22N2O3. The van der Waals surface area contributed by atoms with E-state index in [-0.39, 0.29) is 5.91 Å². The number of hydrogen-bond donors (Lipinski definition) is 1. The van der Waals surface area contributed by atoms with Crippen molar-refractivity contribution in [2.24, 2.45) is 0 Å². The predicted octanol–water partition coefficient (Wildman–Crippen LogP) is 4.38. The van der Waals surface area contributed by atoms with Crippen LogP contribution in [-0.4, -0.2) is 25.1 Å². The smallest absolute Gasteiger partial charge is 0.257 e. The molecule has 2 aromatic carbocycles. The maximum absolute atomic E-state index is 13.0. The van der Waals surface area contributed by atoms with Gasteiger partial charge < -0.3 is 14.8 Å². The molecule has 5 heteroatoms. The summed E-state index contributed by atoms with van der Waals surface area (Å²) in [5, 5.41) is 3.93. The van der Waals surface area contributed by atoms with Crippen LogP contribution in [0.5, 0.6) is 11.5 Å². The lowest BCUT2D eigenvalue weighted by Gasteiger charge is -2.16. The molecule has 1 N–H and O–H groups in total. The largest absolute Gasteiger partial charge is 0.497 e. The van der Waals surface area contributed by atoms with E-state index in [0.717, 1.165) is 22.2 Å². The summed E-state index contributed by atoms with van der Waals surface area (Å²) in [4.78, 5) is 17.7. The molecule has 0 aliphatic carbocycles. The third kappa shape index (κ3) is 3.20. The third-order valence-electron chi connectivity index (χ3n) is 4.45. The molecule has 1 amide bonds. The molecule has 0 radical (unpaired) electrons. The maximum Gasteiger partial charge on any atom is 0.257 e. The van der Waals surface area contributed by atoms with E-state index in [4.69, 9.17) is 9.47 Å². The lowest BCUT2D eigenvalue weighted by molar-refractivity contribution is 0.102. The standard InChI is InChI=1S/C21H22N2O3/c1-5-16-20(13(2)15-8-6-7-9-17(15)22-16)21(24)23-18-11-10-14(25-3)12-19(18)26-4/h6-12H,5H2,1-4H3,(H,23,24).